The van der Waals surface area contributed by atoms with Crippen molar-refractivity contribution in [3.63, 3.8) is 0 Å². The average Bonchev–Trinajstić information content (AvgIpc) is 2.89. The largest absolute Gasteiger partial charge is 0.478 e. The van der Waals surface area contributed by atoms with Crippen molar-refractivity contribution >= 4 is 17.6 Å². The molecule has 0 fully saturated rings. The molecule has 0 unspecified atom stereocenters. The van der Waals surface area contributed by atoms with Gasteiger partial charge in [0.2, 0.25) is 5.91 Å². The van der Waals surface area contributed by atoms with Crippen molar-refractivity contribution in [3.8, 4) is 0 Å². The molecule has 1 amide bonds. The number of carbonyl (C=O) groups excluding carboxylic acids is 1. The number of aromatic carboxylic acids is 1. The maximum Gasteiger partial charge on any atom is 0.340 e. The summed E-state index contributed by atoms with van der Waals surface area (Å²) in [6.07, 6.45) is 3.14. The third kappa shape index (κ3) is 3.16. The van der Waals surface area contributed by atoms with Gasteiger partial charge in [0, 0.05) is 12.6 Å². The van der Waals surface area contributed by atoms with Crippen LogP contribution in [0.3, 0.4) is 0 Å². The van der Waals surface area contributed by atoms with Crippen LogP contribution in [0.2, 0.25) is 0 Å². The number of nitrogens with one attached hydrogen (secondary N) is 1. The highest BCUT2D eigenvalue weighted by molar-refractivity contribution is 6.00. The summed E-state index contributed by atoms with van der Waals surface area (Å²) in [5, 5.41) is 18.6. The van der Waals surface area contributed by atoms with Gasteiger partial charge in [-0.2, -0.15) is 0 Å². The van der Waals surface area contributed by atoms with E-state index in [0.717, 1.165) is 6.07 Å². The lowest BCUT2D eigenvalue weighted by molar-refractivity contribution is -0.116. The molecule has 2 aromatic rings. The highest BCUT2D eigenvalue weighted by Gasteiger charge is 2.17. The molecule has 0 spiro atoms. The fraction of sp³-hybridized carbons (Fsp3) is 0.167. The molecule has 7 nitrogen and oxygen atoms in total. The topological polar surface area (TPSA) is 97.1 Å². The standard InChI is InChI=1S/C12H11FN4O3/c13-8-2-1-3-9(11(8)12(19)20)15-10(18)4-6-17-7-5-14-16-17/h1-3,5,7H,4,6H2,(H,15,18)(H,19,20). The molecule has 0 radical (unpaired) electrons. The van der Waals surface area contributed by atoms with Gasteiger partial charge >= 0.3 is 5.97 Å². The molecule has 8 heteroatoms. The van der Waals surface area contributed by atoms with Gasteiger partial charge in [-0.25, -0.2) is 9.18 Å². The second kappa shape index (κ2) is 5.91. The fourth-order valence-electron chi connectivity index (χ4n) is 1.63. The Morgan fingerprint density at radius 1 is 1.40 bits per heavy atom. The van der Waals surface area contributed by atoms with E-state index in [0.29, 0.717) is 6.54 Å². The van der Waals surface area contributed by atoms with Crippen LogP contribution in [0.15, 0.2) is 30.6 Å². The van der Waals surface area contributed by atoms with E-state index in [1.54, 1.807) is 6.20 Å². The Labute approximate surface area is 113 Å². The van der Waals surface area contributed by atoms with E-state index in [4.69, 9.17) is 5.11 Å². The predicted molar refractivity (Wildman–Crippen MR) is 66.6 cm³/mol. The third-order valence-electron chi connectivity index (χ3n) is 2.54. The van der Waals surface area contributed by atoms with Gasteiger partial charge in [0.15, 0.2) is 0 Å². The summed E-state index contributed by atoms with van der Waals surface area (Å²) >= 11 is 0. The van der Waals surface area contributed by atoms with E-state index in [2.05, 4.69) is 15.6 Å². The lowest BCUT2D eigenvalue weighted by Crippen LogP contribution is -2.17. The van der Waals surface area contributed by atoms with Crippen LogP contribution >= 0.6 is 0 Å². The lowest BCUT2D eigenvalue weighted by atomic mass is 10.1. The number of anilines is 1. The number of nitrogens with zero attached hydrogens (tertiary/aromatic N) is 3. The van der Waals surface area contributed by atoms with Crippen LogP contribution in [0.25, 0.3) is 0 Å². The maximum atomic E-state index is 13.4. The van der Waals surface area contributed by atoms with Gasteiger partial charge in [0.25, 0.3) is 0 Å². The first-order chi connectivity index (χ1) is 9.58. The van der Waals surface area contributed by atoms with Crippen LogP contribution in [0.5, 0.6) is 0 Å². The van der Waals surface area contributed by atoms with Crippen LogP contribution in [0.1, 0.15) is 16.8 Å². The Hall–Kier alpha value is -2.77. The number of carboxylic acid groups (broad SMARTS) is 1. The quantitative estimate of drug-likeness (QED) is 0.854. The van der Waals surface area contributed by atoms with E-state index in [1.165, 1.54) is 23.0 Å². The minimum atomic E-state index is -1.44. The first-order valence-corrected chi connectivity index (χ1v) is 5.73. The van der Waals surface area contributed by atoms with Crippen LogP contribution in [-0.2, 0) is 11.3 Å². The molecule has 0 saturated heterocycles. The first-order valence-electron chi connectivity index (χ1n) is 5.73. The molecule has 0 atom stereocenters. The van der Waals surface area contributed by atoms with Crippen LogP contribution < -0.4 is 5.32 Å². The minimum Gasteiger partial charge on any atom is -0.478 e. The van der Waals surface area contributed by atoms with E-state index in [9.17, 15) is 14.0 Å². The van der Waals surface area contributed by atoms with Gasteiger partial charge in [-0.1, -0.05) is 11.3 Å². The normalized spacial score (nSPS) is 10.2. The van der Waals surface area contributed by atoms with Gasteiger partial charge in [-0.3, -0.25) is 9.48 Å². The lowest BCUT2D eigenvalue weighted by Gasteiger charge is -2.09. The summed E-state index contributed by atoms with van der Waals surface area (Å²) in [6.45, 7) is 0.295. The third-order valence-corrected chi connectivity index (χ3v) is 2.54. The number of benzene rings is 1. The molecule has 1 aromatic heterocycles. The van der Waals surface area contributed by atoms with E-state index in [-0.39, 0.29) is 12.1 Å². The van der Waals surface area contributed by atoms with Gasteiger partial charge in [-0.05, 0) is 12.1 Å². The Balaban J connectivity index is 2.04. The number of hydrogen-bond acceptors (Lipinski definition) is 4. The molecular weight excluding hydrogens is 267 g/mol. The second-order valence-electron chi connectivity index (χ2n) is 3.93. The van der Waals surface area contributed by atoms with Gasteiger partial charge in [0.05, 0.1) is 18.4 Å². The highest BCUT2D eigenvalue weighted by Crippen LogP contribution is 2.19. The molecule has 2 rings (SSSR count). The molecule has 1 aromatic carbocycles. The predicted octanol–water partition coefficient (Wildman–Crippen LogP) is 1.14. The monoisotopic (exact) mass is 278 g/mol. The van der Waals surface area contributed by atoms with Crippen LogP contribution in [0, 0.1) is 5.82 Å². The van der Waals surface area contributed by atoms with Crippen LogP contribution in [-0.4, -0.2) is 32.0 Å². The zero-order valence-electron chi connectivity index (χ0n) is 10.3. The van der Waals surface area contributed by atoms with E-state index >= 15 is 0 Å². The first kappa shape index (κ1) is 13.7. The number of carbonyl (C=O) groups is 2. The molecule has 0 bridgehead atoms. The number of halogens is 1. The fourth-order valence-corrected chi connectivity index (χ4v) is 1.63. The zero-order chi connectivity index (χ0) is 14.5. The summed E-state index contributed by atoms with van der Waals surface area (Å²) in [5.74, 6) is -2.77. The van der Waals surface area contributed by atoms with Crippen molar-refractivity contribution in [3.05, 3.63) is 42.0 Å². The Kier molecular flexibility index (Phi) is 4.04. The van der Waals surface area contributed by atoms with Crippen molar-refractivity contribution in [1.82, 2.24) is 15.0 Å². The molecule has 104 valence electrons. The molecule has 0 saturated carbocycles. The van der Waals surface area contributed by atoms with E-state index in [1.807, 2.05) is 0 Å². The molecular formula is C12H11FN4O3. The number of aromatic nitrogens is 3. The molecule has 0 aliphatic carbocycles. The maximum absolute atomic E-state index is 13.4. The highest BCUT2D eigenvalue weighted by atomic mass is 19.1. The minimum absolute atomic E-state index is 0.0684. The summed E-state index contributed by atoms with van der Waals surface area (Å²) < 4.78 is 14.9. The van der Waals surface area contributed by atoms with E-state index < -0.39 is 23.3 Å². The van der Waals surface area contributed by atoms with Gasteiger partial charge < -0.3 is 10.4 Å². The summed E-state index contributed by atoms with van der Waals surface area (Å²) in [5.41, 5.74) is -0.623. The Morgan fingerprint density at radius 2 is 2.20 bits per heavy atom. The van der Waals surface area contributed by atoms with Crippen molar-refractivity contribution in [2.24, 2.45) is 0 Å². The summed E-state index contributed by atoms with van der Waals surface area (Å²) in [7, 11) is 0. The summed E-state index contributed by atoms with van der Waals surface area (Å²) in [4.78, 5) is 22.7. The molecule has 1 heterocycles. The average molecular weight is 278 g/mol. The number of aryl methyl sites for hydroxylation is 1. The molecule has 0 aliphatic rings. The number of amides is 1. The molecule has 0 aliphatic heterocycles. The van der Waals surface area contributed by atoms with Gasteiger partial charge in [0.1, 0.15) is 11.4 Å². The molecule has 2 N–H and O–H groups in total. The number of rotatable bonds is 5. The van der Waals surface area contributed by atoms with Crippen molar-refractivity contribution in [2.75, 3.05) is 5.32 Å². The van der Waals surface area contributed by atoms with Crippen molar-refractivity contribution < 1.29 is 19.1 Å². The van der Waals surface area contributed by atoms with Crippen LogP contribution in [0.4, 0.5) is 10.1 Å². The number of hydrogen-bond donors (Lipinski definition) is 2. The Bertz CT molecular complexity index is 628. The SMILES string of the molecule is O=C(CCn1ccnn1)Nc1cccc(F)c1C(=O)O. The van der Waals surface area contributed by atoms with Crippen molar-refractivity contribution in [1.29, 1.82) is 0 Å². The number of carboxylic acids is 1. The van der Waals surface area contributed by atoms with Crippen molar-refractivity contribution in [2.45, 2.75) is 13.0 Å². The smallest absolute Gasteiger partial charge is 0.340 e. The summed E-state index contributed by atoms with van der Waals surface area (Å²) in [6, 6.07) is 3.68. The zero-order valence-corrected chi connectivity index (χ0v) is 10.3. The Morgan fingerprint density at radius 3 is 2.85 bits per heavy atom. The second-order valence-corrected chi connectivity index (χ2v) is 3.93. The molecule has 20 heavy (non-hydrogen) atoms. The van der Waals surface area contributed by atoms with Gasteiger partial charge in [-0.15, -0.1) is 5.10 Å².